The molecule has 0 radical (unpaired) electrons. The average molecular weight is 227 g/mol. The molecule has 1 rings (SSSR count). The van der Waals surface area contributed by atoms with E-state index in [0.717, 1.165) is 12.8 Å². The molecule has 0 unspecified atom stereocenters. The van der Waals surface area contributed by atoms with Crippen molar-refractivity contribution in [2.24, 2.45) is 5.73 Å². The Hall–Kier alpha value is -1.16. The predicted octanol–water partition coefficient (Wildman–Crippen LogP) is 2.64. The first kappa shape index (κ1) is 11.9. The summed E-state index contributed by atoms with van der Waals surface area (Å²) in [6.45, 7) is 2.58. The third-order valence-corrected chi connectivity index (χ3v) is 2.21. The molecule has 0 saturated carbocycles. The van der Waals surface area contributed by atoms with Gasteiger partial charge >= 0.3 is 0 Å². The van der Waals surface area contributed by atoms with Crippen molar-refractivity contribution in [2.75, 3.05) is 6.61 Å². The van der Waals surface area contributed by atoms with Crippen molar-refractivity contribution in [3.63, 3.8) is 0 Å². The number of halogens is 1. The second-order valence-corrected chi connectivity index (χ2v) is 3.65. The number of benzene rings is 1. The van der Waals surface area contributed by atoms with Crippen LogP contribution in [0.1, 0.15) is 25.3 Å². The molecule has 0 atom stereocenters. The van der Waals surface area contributed by atoms with Crippen molar-refractivity contribution < 1.29 is 9.13 Å². The summed E-state index contributed by atoms with van der Waals surface area (Å²) in [6, 6.07) is 4.51. The van der Waals surface area contributed by atoms with Gasteiger partial charge in [0.1, 0.15) is 4.99 Å². The highest BCUT2D eigenvalue weighted by molar-refractivity contribution is 7.80. The number of rotatable bonds is 5. The summed E-state index contributed by atoms with van der Waals surface area (Å²) in [6.07, 6.45) is 1.93. The molecule has 82 valence electrons. The predicted molar refractivity (Wildman–Crippen MR) is 62.7 cm³/mol. The Morgan fingerprint density at radius 2 is 2.27 bits per heavy atom. The summed E-state index contributed by atoms with van der Waals surface area (Å²) in [5, 5.41) is 0. The molecular formula is C11H14FNOS. The highest BCUT2D eigenvalue weighted by Crippen LogP contribution is 2.18. The monoisotopic (exact) mass is 227 g/mol. The number of hydrogen-bond donors (Lipinski definition) is 1. The zero-order chi connectivity index (χ0) is 11.3. The van der Waals surface area contributed by atoms with Gasteiger partial charge in [-0.1, -0.05) is 25.6 Å². The Balaban J connectivity index is 2.70. The zero-order valence-corrected chi connectivity index (χ0v) is 9.44. The van der Waals surface area contributed by atoms with E-state index in [0.29, 0.717) is 12.2 Å². The van der Waals surface area contributed by atoms with Gasteiger partial charge in [0.2, 0.25) is 0 Å². The molecule has 1 aromatic rings. The van der Waals surface area contributed by atoms with Crippen molar-refractivity contribution in [3.05, 3.63) is 29.6 Å². The van der Waals surface area contributed by atoms with Gasteiger partial charge in [0.15, 0.2) is 11.6 Å². The average Bonchev–Trinajstić information content (AvgIpc) is 2.20. The fourth-order valence-electron chi connectivity index (χ4n) is 1.10. The molecule has 0 amide bonds. The minimum Gasteiger partial charge on any atom is -0.491 e. The molecule has 0 aliphatic heterocycles. The van der Waals surface area contributed by atoms with E-state index in [9.17, 15) is 4.39 Å². The van der Waals surface area contributed by atoms with E-state index in [4.69, 9.17) is 22.7 Å². The molecule has 0 fully saturated rings. The number of unbranched alkanes of at least 4 members (excludes halogenated alkanes) is 1. The first-order chi connectivity index (χ1) is 7.15. The Morgan fingerprint density at radius 3 is 2.80 bits per heavy atom. The van der Waals surface area contributed by atoms with Gasteiger partial charge in [-0.2, -0.15) is 0 Å². The van der Waals surface area contributed by atoms with Crippen LogP contribution in [-0.4, -0.2) is 11.6 Å². The molecule has 0 heterocycles. The van der Waals surface area contributed by atoms with Gasteiger partial charge in [-0.05, 0) is 24.6 Å². The Kier molecular flexibility index (Phi) is 4.49. The van der Waals surface area contributed by atoms with E-state index in [1.54, 1.807) is 12.1 Å². The number of thiocarbonyl (C=S) groups is 1. The summed E-state index contributed by atoms with van der Waals surface area (Å²) in [4.78, 5) is 0.189. The van der Waals surface area contributed by atoms with E-state index in [1.807, 2.05) is 0 Å². The zero-order valence-electron chi connectivity index (χ0n) is 8.63. The summed E-state index contributed by atoms with van der Waals surface area (Å²) in [5.41, 5.74) is 5.90. The Bertz CT molecular complexity index is 354. The molecule has 0 bridgehead atoms. The maximum Gasteiger partial charge on any atom is 0.165 e. The maximum absolute atomic E-state index is 13.4. The minimum absolute atomic E-state index is 0.189. The van der Waals surface area contributed by atoms with E-state index in [-0.39, 0.29) is 10.7 Å². The van der Waals surface area contributed by atoms with Crippen LogP contribution in [0.25, 0.3) is 0 Å². The van der Waals surface area contributed by atoms with E-state index in [1.165, 1.54) is 6.07 Å². The van der Waals surface area contributed by atoms with Gasteiger partial charge in [0.05, 0.1) is 6.61 Å². The minimum atomic E-state index is -0.420. The highest BCUT2D eigenvalue weighted by atomic mass is 32.1. The van der Waals surface area contributed by atoms with Crippen molar-refractivity contribution in [1.82, 2.24) is 0 Å². The van der Waals surface area contributed by atoms with Gasteiger partial charge in [-0.3, -0.25) is 0 Å². The summed E-state index contributed by atoms with van der Waals surface area (Å²) < 4.78 is 18.7. The summed E-state index contributed by atoms with van der Waals surface area (Å²) in [5.74, 6) is -0.167. The van der Waals surface area contributed by atoms with Crippen LogP contribution in [0.4, 0.5) is 4.39 Å². The van der Waals surface area contributed by atoms with Gasteiger partial charge in [0.25, 0.3) is 0 Å². The fraction of sp³-hybridized carbons (Fsp3) is 0.364. The highest BCUT2D eigenvalue weighted by Gasteiger charge is 2.05. The number of nitrogens with two attached hydrogens (primary N) is 1. The molecule has 4 heteroatoms. The SMILES string of the molecule is CCCCOc1ccc(C(N)=S)cc1F. The van der Waals surface area contributed by atoms with Gasteiger partial charge < -0.3 is 10.5 Å². The van der Waals surface area contributed by atoms with E-state index < -0.39 is 5.82 Å². The quantitative estimate of drug-likeness (QED) is 0.620. The van der Waals surface area contributed by atoms with Crippen molar-refractivity contribution >= 4 is 17.2 Å². The summed E-state index contributed by atoms with van der Waals surface area (Å²) >= 11 is 4.74. The largest absolute Gasteiger partial charge is 0.491 e. The van der Waals surface area contributed by atoms with Crippen LogP contribution in [-0.2, 0) is 0 Å². The fourth-order valence-corrected chi connectivity index (χ4v) is 1.22. The number of hydrogen-bond acceptors (Lipinski definition) is 2. The van der Waals surface area contributed by atoms with Crippen molar-refractivity contribution in [1.29, 1.82) is 0 Å². The smallest absolute Gasteiger partial charge is 0.165 e. The standard InChI is InChI=1S/C11H14FNOS/c1-2-3-6-14-10-5-4-8(11(13)15)7-9(10)12/h4-5,7H,2-3,6H2,1H3,(H2,13,15). The molecule has 0 aliphatic carbocycles. The first-order valence-corrected chi connectivity index (χ1v) is 5.28. The molecule has 2 N–H and O–H groups in total. The van der Waals surface area contributed by atoms with Crippen LogP contribution in [0.3, 0.4) is 0 Å². The molecule has 2 nitrogen and oxygen atoms in total. The second kappa shape index (κ2) is 5.66. The lowest BCUT2D eigenvalue weighted by molar-refractivity contribution is 0.294. The van der Waals surface area contributed by atoms with Crippen molar-refractivity contribution in [3.8, 4) is 5.75 Å². The van der Waals surface area contributed by atoms with E-state index in [2.05, 4.69) is 6.92 Å². The lowest BCUT2D eigenvalue weighted by Crippen LogP contribution is -2.10. The lowest BCUT2D eigenvalue weighted by atomic mass is 10.2. The van der Waals surface area contributed by atoms with Gasteiger partial charge in [0, 0.05) is 5.56 Å². The first-order valence-electron chi connectivity index (χ1n) is 4.87. The lowest BCUT2D eigenvalue weighted by Gasteiger charge is -2.07. The third-order valence-electron chi connectivity index (χ3n) is 1.97. The third kappa shape index (κ3) is 3.47. The van der Waals surface area contributed by atoms with Crippen LogP contribution in [0.2, 0.25) is 0 Å². The molecule has 0 spiro atoms. The topological polar surface area (TPSA) is 35.2 Å². The second-order valence-electron chi connectivity index (χ2n) is 3.21. The van der Waals surface area contributed by atoms with Crippen LogP contribution < -0.4 is 10.5 Å². The Labute approximate surface area is 94.2 Å². The van der Waals surface area contributed by atoms with E-state index >= 15 is 0 Å². The molecule has 0 aliphatic rings. The molecule has 0 aromatic heterocycles. The van der Waals surface area contributed by atoms with Gasteiger partial charge in [-0.25, -0.2) is 4.39 Å². The maximum atomic E-state index is 13.4. The molecular weight excluding hydrogens is 213 g/mol. The number of ether oxygens (including phenoxy) is 1. The van der Waals surface area contributed by atoms with Gasteiger partial charge in [-0.15, -0.1) is 0 Å². The molecule has 0 saturated heterocycles. The van der Waals surface area contributed by atoms with Crippen LogP contribution in [0, 0.1) is 5.82 Å². The van der Waals surface area contributed by atoms with Crippen LogP contribution in [0.15, 0.2) is 18.2 Å². The normalized spacial score (nSPS) is 10.0. The summed E-state index contributed by atoms with van der Waals surface area (Å²) in [7, 11) is 0. The van der Waals surface area contributed by atoms with Crippen molar-refractivity contribution in [2.45, 2.75) is 19.8 Å². The van der Waals surface area contributed by atoms with Crippen LogP contribution >= 0.6 is 12.2 Å². The molecule has 15 heavy (non-hydrogen) atoms. The van der Waals surface area contributed by atoms with Crippen LogP contribution in [0.5, 0.6) is 5.75 Å². The Morgan fingerprint density at radius 1 is 1.53 bits per heavy atom. The molecule has 1 aromatic carbocycles.